The molecule has 0 saturated heterocycles. The molecule has 0 fully saturated rings. The fourth-order valence-corrected chi connectivity index (χ4v) is 2.67. The van der Waals surface area contributed by atoms with Crippen LogP contribution in [0.1, 0.15) is 34.6 Å². The van der Waals surface area contributed by atoms with Crippen molar-refractivity contribution in [2.45, 2.75) is 13.8 Å². The molecule has 0 aliphatic heterocycles. The summed E-state index contributed by atoms with van der Waals surface area (Å²) in [7, 11) is 0. The van der Waals surface area contributed by atoms with E-state index in [-0.39, 0.29) is 17.2 Å². The van der Waals surface area contributed by atoms with E-state index in [4.69, 9.17) is 0 Å². The Kier molecular flexibility index (Phi) is 5.98. The molecule has 0 aliphatic rings. The van der Waals surface area contributed by atoms with Crippen LogP contribution >= 0.6 is 15.9 Å². The van der Waals surface area contributed by atoms with Crippen LogP contribution in [0.5, 0.6) is 5.75 Å². The molecule has 2 amide bonds. The minimum Gasteiger partial charge on any atom is -0.507 e. The van der Waals surface area contributed by atoms with Crippen LogP contribution < -0.4 is 5.32 Å². The lowest BCUT2D eigenvalue weighted by Crippen LogP contribution is -2.30. The van der Waals surface area contributed by atoms with E-state index in [0.717, 1.165) is 0 Å². The summed E-state index contributed by atoms with van der Waals surface area (Å²) >= 11 is 3.27. The van der Waals surface area contributed by atoms with Gasteiger partial charge in [-0.2, -0.15) is 0 Å². The molecule has 2 N–H and O–H groups in total. The Hall–Kier alpha value is -2.34. The molecule has 126 valence electrons. The lowest BCUT2D eigenvalue weighted by molar-refractivity contribution is 0.0772. The van der Waals surface area contributed by atoms with Crippen molar-refractivity contribution in [2.75, 3.05) is 18.4 Å². The lowest BCUT2D eigenvalue weighted by atomic mass is 10.1. The number of nitrogens with zero attached hydrogens (tertiary/aromatic N) is 1. The van der Waals surface area contributed by atoms with Gasteiger partial charge in [-0.1, -0.05) is 22.0 Å². The van der Waals surface area contributed by atoms with E-state index >= 15 is 0 Å². The second kappa shape index (κ2) is 7.97. The Balaban J connectivity index is 2.22. The van der Waals surface area contributed by atoms with Crippen molar-refractivity contribution in [3.05, 3.63) is 58.1 Å². The number of carbonyl (C=O) groups excluding carboxylic acids is 2. The zero-order valence-corrected chi connectivity index (χ0v) is 15.1. The van der Waals surface area contributed by atoms with Crippen molar-refractivity contribution >= 4 is 33.4 Å². The first-order valence-corrected chi connectivity index (χ1v) is 8.44. The number of halogens is 1. The summed E-state index contributed by atoms with van der Waals surface area (Å²) in [5, 5.41) is 12.5. The summed E-state index contributed by atoms with van der Waals surface area (Å²) in [4.78, 5) is 26.4. The first-order chi connectivity index (χ1) is 11.5. The normalized spacial score (nSPS) is 10.3. The van der Waals surface area contributed by atoms with Crippen molar-refractivity contribution < 1.29 is 14.7 Å². The Morgan fingerprint density at radius 1 is 1.12 bits per heavy atom. The number of hydrogen-bond donors (Lipinski definition) is 2. The minimum atomic E-state index is -0.443. The van der Waals surface area contributed by atoms with E-state index in [2.05, 4.69) is 21.2 Å². The van der Waals surface area contributed by atoms with E-state index in [9.17, 15) is 14.7 Å². The van der Waals surface area contributed by atoms with Crippen molar-refractivity contribution in [3.8, 4) is 5.75 Å². The molecule has 0 atom stereocenters. The summed E-state index contributed by atoms with van der Waals surface area (Å²) in [6, 6.07) is 11.4. The molecule has 0 aliphatic carbocycles. The maximum absolute atomic E-state index is 12.4. The average molecular weight is 391 g/mol. The highest BCUT2D eigenvalue weighted by Crippen LogP contribution is 2.23. The number of aromatic hydroxyl groups is 1. The van der Waals surface area contributed by atoms with Crippen LogP contribution in [0, 0.1) is 0 Å². The maximum Gasteiger partial charge on any atom is 0.259 e. The number of anilines is 1. The standard InChI is InChI=1S/C18H19BrN2O3/c1-3-21(4-2)18(24)12-6-5-7-14(10-12)20-17(23)15-11-13(19)8-9-16(15)22/h5-11,22H,3-4H2,1-2H3,(H,20,23). The van der Waals surface area contributed by atoms with Gasteiger partial charge in [0, 0.05) is 28.8 Å². The van der Waals surface area contributed by atoms with Crippen LogP contribution in [0.4, 0.5) is 5.69 Å². The topological polar surface area (TPSA) is 69.6 Å². The van der Waals surface area contributed by atoms with Crippen molar-refractivity contribution in [3.63, 3.8) is 0 Å². The molecule has 0 spiro atoms. The van der Waals surface area contributed by atoms with E-state index in [1.807, 2.05) is 13.8 Å². The Morgan fingerprint density at radius 3 is 2.50 bits per heavy atom. The number of phenolic OH excluding ortho intramolecular Hbond substituents is 1. The quantitative estimate of drug-likeness (QED) is 0.813. The lowest BCUT2D eigenvalue weighted by Gasteiger charge is -2.19. The van der Waals surface area contributed by atoms with E-state index in [0.29, 0.717) is 28.8 Å². The Bertz CT molecular complexity index is 758. The molecule has 0 bridgehead atoms. The van der Waals surface area contributed by atoms with Gasteiger partial charge in [0.15, 0.2) is 0 Å². The summed E-state index contributed by atoms with van der Waals surface area (Å²) < 4.78 is 0.691. The second-order valence-electron chi connectivity index (χ2n) is 5.17. The van der Waals surface area contributed by atoms with Gasteiger partial charge >= 0.3 is 0 Å². The maximum atomic E-state index is 12.4. The zero-order chi connectivity index (χ0) is 17.7. The van der Waals surface area contributed by atoms with Gasteiger partial charge in [0.1, 0.15) is 5.75 Å². The molecule has 0 radical (unpaired) electrons. The van der Waals surface area contributed by atoms with E-state index in [1.165, 1.54) is 12.1 Å². The summed E-state index contributed by atoms with van der Waals surface area (Å²) in [5.41, 5.74) is 1.16. The Labute approximate surface area is 149 Å². The van der Waals surface area contributed by atoms with Crippen LogP contribution in [0.2, 0.25) is 0 Å². The zero-order valence-electron chi connectivity index (χ0n) is 13.5. The van der Waals surface area contributed by atoms with Crippen LogP contribution in [0.25, 0.3) is 0 Å². The predicted octanol–water partition coefficient (Wildman–Crippen LogP) is 3.89. The summed E-state index contributed by atoms with van der Waals surface area (Å²) in [5.74, 6) is -0.631. The van der Waals surface area contributed by atoms with Gasteiger partial charge in [-0.25, -0.2) is 0 Å². The number of phenols is 1. The molecule has 0 saturated carbocycles. The first-order valence-electron chi connectivity index (χ1n) is 7.65. The first kappa shape index (κ1) is 18.0. The van der Waals surface area contributed by atoms with Crippen LogP contribution in [-0.4, -0.2) is 34.9 Å². The molecule has 0 heterocycles. The van der Waals surface area contributed by atoms with Gasteiger partial charge in [-0.05, 0) is 50.2 Å². The van der Waals surface area contributed by atoms with Crippen molar-refractivity contribution in [1.82, 2.24) is 4.90 Å². The molecule has 0 aromatic heterocycles. The highest BCUT2D eigenvalue weighted by atomic mass is 79.9. The van der Waals surface area contributed by atoms with Gasteiger partial charge in [0.05, 0.1) is 5.56 Å². The summed E-state index contributed by atoms with van der Waals surface area (Å²) in [6.07, 6.45) is 0. The molecule has 2 aromatic rings. The molecule has 2 aromatic carbocycles. The third kappa shape index (κ3) is 4.14. The van der Waals surface area contributed by atoms with Gasteiger partial charge in [-0.15, -0.1) is 0 Å². The highest BCUT2D eigenvalue weighted by Gasteiger charge is 2.15. The van der Waals surface area contributed by atoms with Crippen LogP contribution in [0.3, 0.4) is 0 Å². The molecule has 24 heavy (non-hydrogen) atoms. The number of nitrogens with one attached hydrogen (secondary N) is 1. The van der Waals surface area contributed by atoms with E-state index in [1.54, 1.807) is 35.2 Å². The van der Waals surface area contributed by atoms with Gasteiger partial charge < -0.3 is 15.3 Å². The number of amides is 2. The SMILES string of the molecule is CCN(CC)C(=O)c1cccc(NC(=O)c2cc(Br)ccc2O)c1. The van der Waals surface area contributed by atoms with E-state index < -0.39 is 5.91 Å². The van der Waals surface area contributed by atoms with Gasteiger partial charge in [0.2, 0.25) is 0 Å². The molecular weight excluding hydrogens is 372 g/mol. The fraction of sp³-hybridized carbons (Fsp3) is 0.222. The second-order valence-corrected chi connectivity index (χ2v) is 6.09. The smallest absolute Gasteiger partial charge is 0.259 e. The van der Waals surface area contributed by atoms with Crippen LogP contribution in [0.15, 0.2) is 46.9 Å². The number of carbonyl (C=O) groups is 2. The monoisotopic (exact) mass is 390 g/mol. The van der Waals surface area contributed by atoms with Crippen LogP contribution in [-0.2, 0) is 0 Å². The molecule has 5 nitrogen and oxygen atoms in total. The number of benzene rings is 2. The number of rotatable bonds is 5. The Morgan fingerprint density at radius 2 is 1.83 bits per heavy atom. The van der Waals surface area contributed by atoms with Gasteiger partial charge in [-0.3, -0.25) is 9.59 Å². The minimum absolute atomic E-state index is 0.0820. The summed E-state index contributed by atoms with van der Waals surface area (Å²) in [6.45, 7) is 5.09. The third-order valence-corrected chi connectivity index (χ3v) is 4.11. The number of hydrogen-bond acceptors (Lipinski definition) is 3. The molecule has 0 unspecified atom stereocenters. The van der Waals surface area contributed by atoms with Gasteiger partial charge in [0.25, 0.3) is 11.8 Å². The van der Waals surface area contributed by atoms with Crippen molar-refractivity contribution in [1.29, 1.82) is 0 Å². The highest BCUT2D eigenvalue weighted by molar-refractivity contribution is 9.10. The molecule has 2 rings (SSSR count). The average Bonchev–Trinajstić information content (AvgIpc) is 2.58. The predicted molar refractivity (Wildman–Crippen MR) is 97.5 cm³/mol. The molecule has 6 heteroatoms. The fourth-order valence-electron chi connectivity index (χ4n) is 2.31. The molecular formula is C18H19BrN2O3. The third-order valence-electron chi connectivity index (χ3n) is 3.62. The van der Waals surface area contributed by atoms with Crippen molar-refractivity contribution in [2.24, 2.45) is 0 Å². The largest absolute Gasteiger partial charge is 0.507 e.